The van der Waals surface area contributed by atoms with Crippen LogP contribution in [0.2, 0.25) is 0 Å². The maximum atomic E-state index is 12.2. The summed E-state index contributed by atoms with van der Waals surface area (Å²) in [6.07, 6.45) is 0.675. The van der Waals surface area contributed by atoms with Crippen molar-refractivity contribution in [3.05, 3.63) is 92.9 Å². The molecule has 3 aromatic rings. The molecule has 0 aliphatic rings. The van der Waals surface area contributed by atoms with Crippen LogP contribution < -0.4 is 5.56 Å². The minimum Gasteiger partial charge on any atom is -0.301 e. The number of nitrogens with one attached hydrogen (secondary N) is 1. The molecule has 0 aliphatic heterocycles. The van der Waals surface area contributed by atoms with Crippen molar-refractivity contribution >= 4 is 11.8 Å². The molecule has 4 heteroatoms. The molecule has 0 bridgehead atoms. The van der Waals surface area contributed by atoms with E-state index in [1.807, 2.05) is 25.1 Å². The van der Waals surface area contributed by atoms with Gasteiger partial charge in [-0.2, -0.15) is 0 Å². The SMILES string of the molecule is Cc1cccc(CSc2nc(Cc3ccccc3)c(C)c(=O)[nH]2)c1. The zero-order chi connectivity index (χ0) is 16.9. The zero-order valence-electron chi connectivity index (χ0n) is 13.9. The normalized spacial score (nSPS) is 10.8. The van der Waals surface area contributed by atoms with Crippen LogP contribution in [0.5, 0.6) is 0 Å². The van der Waals surface area contributed by atoms with E-state index in [0.717, 1.165) is 17.0 Å². The van der Waals surface area contributed by atoms with E-state index in [1.54, 1.807) is 11.8 Å². The van der Waals surface area contributed by atoms with Crippen molar-refractivity contribution in [2.75, 3.05) is 0 Å². The monoisotopic (exact) mass is 336 g/mol. The lowest BCUT2D eigenvalue weighted by molar-refractivity contribution is 0.858. The number of aromatic amines is 1. The Labute approximate surface area is 146 Å². The number of benzene rings is 2. The molecular formula is C20H20N2OS. The number of H-pyrrole nitrogens is 1. The van der Waals surface area contributed by atoms with Gasteiger partial charge in [-0.1, -0.05) is 71.9 Å². The first kappa shape index (κ1) is 16.5. The van der Waals surface area contributed by atoms with Crippen molar-refractivity contribution in [1.29, 1.82) is 0 Å². The summed E-state index contributed by atoms with van der Waals surface area (Å²) in [6, 6.07) is 18.5. The van der Waals surface area contributed by atoms with Crippen LogP contribution in [0.4, 0.5) is 0 Å². The predicted molar refractivity (Wildman–Crippen MR) is 99.6 cm³/mol. The molecule has 1 N–H and O–H groups in total. The molecule has 1 aromatic heterocycles. The molecule has 0 unspecified atom stereocenters. The first-order chi connectivity index (χ1) is 11.6. The van der Waals surface area contributed by atoms with E-state index in [4.69, 9.17) is 0 Å². The molecular weight excluding hydrogens is 316 g/mol. The van der Waals surface area contributed by atoms with Gasteiger partial charge in [-0.3, -0.25) is 4.79 Å². The van der Waals surface area contributed by atoms with Crippen LogP contribution in [0, 0.1) is 13.8 Å². The van der Waals surface area contributed by atoms with Crippen LogP contribution in [0.1, 0.15) is 27.9 Å². The summed E-state index contributed by atoms with van der Waals surface area (Å²) >= 11 is 1.56. The van der Waals surface area contributed by atoms with E-state index < -0.39 is 0 Å². The second-order valence-corrected chi connectivity index (χ2v) is 6.85. The quantitative estimate of drug-likeness (QED) is 0.559. The molecule has 0 atom stereocenters. The Morgan fingerprint density at radius 3 is 2.50 bits per heavy atom. The van der Waals surface area contributed by atoms with Gasteiger partial charge in [0.25, 0.3) is 5.56 Å². The van der Waals surface area contributed by atoms with Crippen LogP contribution in [0.3, 0.4) is 0 Å². The van der Waals surface area contributed by atoms with Crippen molar-refractivity contribution in [2.45, 2.75) is 31.2 Å². The lowest BCUT2D eigenvalue weighted by Gasteiger charge is -2.08. The molecule has 0 saturated heterocycles. The lowest BCUT2D eigenvalue weighted by Crippen LogP contribution is -2.16. The Morgan fingerprint density at radius 1 is 1.00 bits per heavy atom. The van der Waals surface area contributed by atoms with E-state index >= 15 is 0 Å². The molecule has 3 rings (SSSR count). The summed E-state index contributed by atoms with van der Waals surface area (Å²) in [5.41, 5.74) is 5.11. The van der Waals surface area contributed by atoms with E-state index in [0.29, 0.717) is 17.1 Å². The molecule has 2 aromatic carbocycles. The largest absolute Gasteiger partial charge is 0.301 e. The van der Waals surface area contributed by atoms with E-state index in [-0.39, 0.29) is 5.56 Å². The molecule has 0 fully saturated rings. The second-order valence-electron chi connectivity index (χ2n) is 5.88. The summed E-state index contributed by atoms with van der Waals surface area (Å²) in [5, 5.41) is 0.679. The molecule has 122 valence electrons. The molecule has 0 saturated carbocycles. The fourth-order valence-corrected chi connectivity index (χ4v) is 3.36. The van der Waals surface area contributed by atoms with Gasteiger partial charge in [0.1, 0.15) is 0 Å². The van der Waals surface area contributed by atoms with Gasteiger partial charge in [0, 0.05) is 17.7 Å². The highest BCUT2D eigenvalue weighted by Gasteiger charge is 2.09. The number of nitrogens with zero attached hydrogens (tertiary/aromatic N) is 1. The maximum Gasteiger partial charge on any atom is 0.254 e. The molecule has 0 amide bonds. The van der Waals surface area contributed by atoms with Crippen molar-refractivity contribution < 1.29 is 0 Å². The zero-order valence-corrected chi connectivity index (χ0v) is 14.7. The van der Waals surface area contributed by atoms with Crippen molar-refractivity contribution in [3.8, 4) is 0 Å². The van der Waals surface area contributed by atoms with Gasteiger partial charge >= 0.3 is 0 Å². The Morgan fingerprint density at radius 2 is 1.75 bits per heavy atom. The Hall–Kier alpha value is -2.33. The summed E-state index contributed by atoms with van der Waals surface area (Å²) < 4.78 is 0. The number of thioether (sulfide) groups is 1. The molecule has 24 heavy (non-hydrogen) atoms. The van der Waals surface area contributed by atoms with Crippen LogP contribution in [0.25, 0.3) is 0 Å². The Bertz CT molecular complexity index is 888. The van der Waals surface area contributed by atoms with E-state index in [1.165, 1.54) is 11.1 Å². The number of hydrogen-bond donors (Lipinski definition) is 1. The molecule has 1 heterocycles. The summed E-state index contributed by atoms with van der Waals surface area (Å²) in [4.78, 5) is 19.8. The lowest BCUT2D eigenvalue weighted by atomic mass is 10.1. The summed E-state index contributed by atoms with van der Waals surface area (Å²) in [7, 11) is 0. The minimum atomic E-state index is -0.0531. The number of hydrogen-bond acceptors (Lipinski definition) is 3. The average molecular weight is 336 g/mol. The fraction of sp³-hybridized carbons (Fsp3) is 0.200. The number of rotatable bonds is 5. The van der Waals surface area contributed by atoms with Gasteiger partial charge in [0.05, 0.1) is 5.69 Å². The Kier molecular flexibility index (Phi) is 5.16. The van der Waals surface area contributed by atoms with Crippen molar-refractivity contribution in [2.24, 2.45) is 0 Å². The molecule has 0 aliphatic carbocycles. The van der Waals surface area contributed by atoms with Gasteiger partial charge < -0.3 is 4.98 Å². The van der Waals surface area contributed by atoms with Gasteiger partial charge in [-0.25, -0.2) is 4.98 Å². The van der Waals surface area contributed by atoms with Crippen molar-refractivity contribution in [3.63, 3.8) is 0 Å². The highest BCUT2D eigenvalue weighted by atomic mass is 32.2. The maximum absolute atomic E-state index is 12.2. The second kappa shape index (κ2) is 7.49. The van der Waals surface area contributed by atoms with Gasteiger partial charge in [-0.15, -0.1) is 0 Å². The van der Waals surface area contributed by atoms with Crippen LogP contribution in [-0.2, 0) is 12.2 Å². The molecule has 0 radical (unpaired) electrons. The first-order valence-electron chi connectivity index (χ1n) is 7.94. The van der Waals surface area contributed by atoms with Crippen LogP contribution in [0.15, 0.2) is 64.5 Å². The number of aromatic nitrogens is 2. The highest BCUT2D eigenvalue weighted by Crippen LogP contribution is 2.20. The van der Waals surface area contributed by atoms with Crippen LogP contribution >= 0.6 is 11.8 Å². The van der Waals surface area contributed by atoms with Crippen LogP contribution in [-0.4, -0.2) is 9.97 Å². The molecule has 0 spiro atoms. The predicted octanol–water partition coefficient (Wildman–Crippen LogP) is 4.27. The standard InChI is InChI=1S/C20H20N2OS/c1-14-7-6-10-17(11-14)13-24-20-21-18(15(2)19(23)22-20)12-16-8-4-3-5-9-16/h3-11H,12-13H2,1-2H3,(H,21,22,23). The summed E-state index contributed by atoms with van der Waals surface area (Å²) in [5.74, 6) is 0.790. The third kappa shape index (κ3) is 4.15. The highest BCUT2D eigenvalue weighted by molar-refractivity contribution is 7.98. The molecule has 3 nitrogen and oxygen atoms in total. The van der Waals surface area contributed by atoms with Gasteiger partial charge in [-0.05, 0) is 25.0 Å². The topological polar surface area (TPSA) is 45.8 Å². The van der Waals surface area contributed by atoms with Crippen molar-refractivity contribution in [1.82, 2.24) is 9.97 Å². The smallest absolute Gasteiger partial charge is 0.254 e. The third-order valence-corrected chi connectivity index (χ3v) is 4.85. The average Bonchev–Trinajstić information content (AvgIpc) is 2.58. The summed E-state index contributed by atoms with van der Waals surface area (Å²) in [6.45, 7) is 3.91. The first-order valence-corrected chi connectivity index (χ1v) is 8.92. The van der Waals surface area contributed by atoms with E-state index in [2.05, 4.69) is 53.3 Å². The van der Waals surface area contributed by atoms with Gasteiger partial charge in [0.2, 0.25) is 0 Å². The van der Waals surface area contributed by atoms with E-state index in [9.17, 15) is 4.79 Å². The van der Waals surface area contributed by atoms with Gasteiger partial charge in [0.15, 0.2) is 5.16 Å². The number of aryl methyl sites for hydroxylation is 1. The third-order valence-electron chi connectivity index (χ3n) is 3.90. The Balaban J connectivity index is 1.80. The fourth-order valence-electron chi connectivity index (χ4n) is 2.54. The minimum absolute atomic E-state index is 0.0531.